The van der Waals surface area contributed by atoms with E-state index in [4.69, 9.17) is 4.74 Å². The third kappa shape index (κ3) is 5.46. The van der Waals surface area contributed by atoms with Crippen molar-refractivity contribution in [1.82, 2.24) is 5.32 Å². The summed E-state index contributed by atoms with van der Waals surface area (Å²) in [4.78, 5) is 22.9. The lowest BCUT2D eigenvalue weighted by molar-refractivity contribution is -0.384. The first-order chi connectivity index (χ1) is 14.8. The van der Waals surface area contributed by atoms with E-state index in [9.17, 15) is 23.3 Å². The van der Waals surface area contributed by atoms with E-state index in [1.807, 2.05) is 13.0 Å². The zero-order valence-corrected chi connectivity index (χ0v) is 17.4. The number of sulfone groups is 1. The number of carbonyl (C=O) groups is 1. The predicted molar refractivity (Wildman–Crippen MR) is 114 cm³/mol. The van der Waals surface area contributed by atoms with Crippen LogP contribution in [0, 0.1) is 17.0 Å². The molecule has 3 rings (SSSR count). The zero-order valence-electron chi connectivity index (χ0n) is 16.6. The molecule has 0 saturated carbocycles. The normalized spacial score (nSPS) is 12.0. The fourth-order valence-corrected chi connectivity index (χ4v) is 4.42. The molecule has 0 aliphatic rings. The van der Waals surface area contributed by atoms with E-state index in [-0.39, 0.29) is 22.8 Å². The van der Waals surface area contributed by atoms with E-state index in [1.54, 1.807) is 36.4 Å². The van der Waals surface area contributed by atoms with Gasteiger partial charge in [0.15, 0.2) is 5.37 Å². The van der Waals surface area contributed by atoms with E-state index in [2.05, 4.69) is 5.32 Å². The van der Waals surface area contributed by atoms with Crippen molar-refractivity contribution in [3.63, 3.8) is 0 Å². The number of non-ortho nitro benzene ring substituents is 1. The third-order valence-electron chi connectivity index (χ3n) is 4.51. The van der Waals surface area contributed by atoms with Crippen molar-refractivity contribution in [1.29, 1.82) is 0 Å². The number of aryl methyl sites for hydroxylation is 1. The van der Waals surface area contributed by atoms with Crippen molar-refractivity contribution in [2.75, 3.05) is 0 Å². The SMILES string of the molecule is Cc1ccc(S(=O)(=O)C(NC(=O)OCc2ccccc2)c2cccc([N+](=O)[O-])c2)cc1. The van der Waals surface area contributed by atoms with Crippen LogP contribution < -0.4 is 5.32 Å². The lowest BCUT2D eigenvalue weighted by Crippen LogP contribution is -2.34. The van der Waals surface area contributed by atoms with Crippen molar-refractivity contribution in [2.45, 2.75) is 23.8 Å². The van der Waals surface area contributed by atoms with Gasteiger partial charge in [-0.25, -0.2) is 13.2 Å². The topological polar surface area (TPSA) is 116 Å². The maximum absolute atomic E-state index is 13.3. The number of carbonyl (C=O) groups excluding carboxylic acids is 1. The number of rotatable bonds is 7. The molecule has 0 aliphatic carbocycles. The highest BCUT2D eigenvalue weighted by Gasteiger charge is 2.32. The van der Waals surface area contributed by atoms with Crippen molar-refractivity contribution in [3.8, 4) is 0 Å². The summed E-state index contributed by atoms with van der Waals surface area (Å²) >= 11 is 0. The Balaban J connectivity index is 1.92. The Hall–Kier alpha value is -3.72. The Morgan fingerprint density at radius 3 is 2.35 bits per heavy atom. The number of nitrogens with zero attached hydrogens (tertiary/aromatic N) is 1. The Kier molecular flexibility index (Phi) is 6.66. The molecule has 160 valence electrons. The number of hydrogen-bond acceptors (Lipinski definition) is 6. The zero-order chi connectivity index (χ0) is 22.4. The largest absolute Gasteiger partial charge is 0.445 e. The lowest BCUT2D eigenvalue weighted by atomic mass is 10.2. The highest BCUT2D eigenvalue weighted by molar-refractivity contribution is 7.91. The van der Waals surface area contributed by atoms with Gasteiger partial charge in [0.25, 0.3) is 5.69 Å². The number of nitro benzene ring substituents is 1. The molecule has 0 aromatic heterocycles. The molecule has 0 fully saturated rings. The van der Waals surface area contributed by atoms with Crippen molar-refractivity contribution >= 4 is 21.6 Å². The summed E-state index contributed by atoms with van der Waals surface area (Å²) in [6, 6.07) is 20.1. The number of nitro groups is 1. The molecule has 1 amide bonds. The molecule has 0 heterocycles. The minimum Gasteiger partial charge on any atom is -0.445 e. The van der Waals surface area contributed by atoms with Gasteiger partial charge in [0.1, 0.15) is 6.61 Å². The quantitative estimate of drug-likeness (QED) is 0.432. The van der Waals surface area contributed by atoms with Crippen molar-refractivity contribution in [3.05, 3.63) is 106 Å². The molecule has 3 aromatic rings. The first-order valence-electron chi connectivity index (χ1n) is 9.29. The number of hydrogen-bond donors (Lipinski definition) is 1. The Labute approximate surface area is 179 Å². The number of benzene rings is 3. The van der Waals surface area contributed by atoms with Crippen LogP contribution in [0.15, 0.2) is 83.8 Å². The molecule has 3 aromatic carbocycles. The van der Waals surface area contributed by atoms with Crippen LogP contribution >= 0.6 is 0 Å². The molecular weight excluding hydrogens is 420 g/mol. The monoisotopic (exact) mass is 440 g/mol. The van der Waals surface area contributed by atoms with Gasteiger partial charge in [-0.15, -0.1) is 0 Å². The first-order valence-corrected chi connectivity index (χ1v) is 10.8. The molecule has 0 spiro atoms. The highest BCUT2D eigenvalue weighted by atomic mass is 32.2. The molecule has 0 saturated heterocycles. The summed E-state index contributed by atoms with van der Waals surface area (Å²) in [6.07, 6.45) is -0.962. The van der Waals surface area contributed by atoms with Crippen LogP contribution in [0.25, 0.3) is 0 Å². The second-order valence-electron chi connectivity index (χ2n) is 6.80. The summed E-state index contributed by atoms with van der Waals surface area (Å²) in [6.45, 7) is 1.76. The molecule has 0 bridgehead atoms. The molecule has 9 heteroatoms. The Morgan fingerprint density at radius 1 is 1.03 bits per heavy atom. The molecule has 1 atom stereocenters. The Morgan fingerprint density at radius 2 is 1.71 bits per heavy atom. The minimum atomic E-state index is -4.13. The van der Waals surface area contributed by atoms with E-state index in [0.717, 1.165) is 17.2 Å². The van der Waals surface area contributed by atoms with E-state index in [0.29, 0.717) is 0 Å². The number of nitrogens with one attached hydrogen (secondary N) is 1. The van der Waals surface area contributed by atoms with Crippen LogP contribution in [0.2, 0.25) is 0 Å². The van der Waals surface area contributed by atoms with Crippen LogP contribution in [-0.4, -0.2) is 19.4 Å². The van der Waals surface area contributed by atoms with Gasteiger partial charge in [-0.2, -0.15) is 0 Å². The number of amides is 1. The number of ether oxygens (including phenoxy) is 1. The maximum Gasteiger partial charge on any atom is 0.408 e. The fraction of sp³-hybridized carbons (Fsp3) is 0.136. The van der Waals surface area contributed by atoms with Gasteiger partial charge >= 0.3 is 6.09 Å². The maximum atomic E-state index is 13.3. The van der Waals surface area contributed by atoms with Gasteiger partial charge in [0.2, 0.25) is 9.84 Å². The van der Waals surface area contributed by atoms with E-state index >= 15 is 0 Å². The summed E-state index contributed by atoms with van der Waals surface area (Å²) < 4.78 is 31.7. The van der Waals surface area contributed by atoms with Crippen LogP contribution in [0.3, 0.4) is 0 Å². The van der Waals surface area contributed by atoms with Crippen LogP contribution in [0.4, 0.5) is 10.5 Å². The second-order valence-corrected chi connectivity index (χ2v) is 8.83. The van der Waals surface area contributed by atoms with Gasteiger partial charge in [-0.3, -0.25) is 10.1 Å². The fourth-order valence-electron chi connectivity index (χ4n) is 2.88. The van der Waals surface area contributed by atoms with Crippen LogP contribution in [0.5, 0.6) is 0 Å². The van der Waals surface area contributed by atoms with Gasteiger partial charge < -0.3 is 10.1 Å². The molecule has 0 aliphatic heterocycles. The minimum absolute atomic E-state index is 0.0297. The van der Waals surface area contributed by atoms with E-state index < -0.39 is 26.2 Å². The molecule has 31 heavy (non-hydrogen) atoms. The summed E-state index contributed by atoms with van der Waals surface area (Å²) in [5.41, 5.74) is 1.35. The molecular formula is C22H20N2O6S. The smallest absolute Gasteiger partial charge is 0.408 e. The second kappa shape index (κ2) is 9.40. The molecule has 8 nitrogen and oxygen atoms in total. The molecule has 1 N–H and O–H groups in total. The number of alkyl carbamates (subject to hydrolysis) is 1. The summed E-state index contributed by atoms with van der Waals surface area (Å²) in [5.74, 6) is 0. The van der Waals surface area contributed by atoms with E-state index in [1.165, 1.54) is 30.3 Å². The highest BCUT2D eigenvalue weighted by Crippen LogP contribution is 2.29. The van der Waals surface area contributed by atoms with Crippen molar-refractivity contribution < 1.29 is 22.9 Å². The standard InChI is InChI=1S/C22H20N2O6S/c1-16-10-12-20(13-11-16)31(28,29)21(18-8-5-9-19(14-18)24(26)27)23-22(25)30-15-17-6-3-2-4-7-17/h2-14,21H,15H2,1H3,(H,23,25). The third-order valence-corrected chi connectivity index (χ3v) is 6.45. The van der Waals surface area contributed by atoms with Gasteiger partial charge in [-0.1, -0.05) is 60.2 Å². The summed E-state index contributed by atoms with van der Waals surface area (Å²) in [7, 11) is -4.13. The van der Waals surface area contributed by atoms with Crippen LogP contribution in [-0.2, 0) is 21.2 Å². The van der Waals surface area contributed by atoms with Crippen molar-refractivity contribution in [2.24, 2.45) is 0 Å². The Bertz CT molecular complexity index is 1180. The van der Waals surface area contributed by atoms with Crippen LogP contribution in [0.1, 0.15) is 22.1 Å². The summed E-state index contributed by atoms with van der Waals surface area (Å²) in [5, 5.41) is 11.9. The molecule has 1 unspecified atom stereocenters. The first kappa shape index (κ1) is 22.0. The average Bonchev–Trinajstić information content (AvgIpc) is 2.77. The van der Waals surface area contributed by atoms with Gasteiger partial charge in [-0.05, 0) is 30.2 Å². The predicted octanol–water partition coefficient (Wildman–Crippen LogP) is 4.30. The average molecular weight is 440 g/mol. The van der Waals surface area contributed by atoms with Gasteiger partial charge in [0, 0.05) is 12.1 Å². The lowest BCUT2D eigenvalue weighted by Gasteiger charge is -2.20. The van der Waals surface area contributed by atoms with Gasteiger partial charge in [0.05, 0.1) is 9.82 Å². The molecule has 0 radical (unpaired) electrons.